The summed E-state index contributed by atoms with van der Waals surface area (Å²) < 4.78 is 84.2. The second kappa shape index (κ2) is 12.6. The molecule has 1 amide bonds. The highest BCUT2D eigenvalue weighted by Gasteiger charge is 2.49. The van der Waals surface area contributed by atoms with Crippen molar-refractivity contribution in [1.82, 2.24) is 9.97 Å². The van der Waals surface area contributed by atoms with Gasteiger partial charge in [0.1, 0.15) is 5.82 Å². The molecule has 0 saturated carbocycles. The van der Waals surface area contributed by atoms with Gasteiger partial charge in [0.05, 0.1) is 64.0 Å². The maximum absolute atomic E-state index is 14.1. The number of nitrogens with zero attached hydrogens (tertiary/aromatic N) is 5. The van der Waals surface area contributed by atoms with Gasteiger partial charge in [-0.2, -0.15) is 31.6 Å². The van der Waals surface area contributed by atoms with Crippen LogP contribution >= 0.6 is 0 Å². The lowest BCUT2D eigenvalue weighted by Gasteiger charge is -2.48. The summed E-state index contributed by atoms with van der Waals surface area (Å²) in [5.41, 5.74) is 2.31. The van der Waals surface area contributed by atoms with Crippen LogP contribution < -0.4 is 15.5 Å². The van der Waals surface area contributed by atoms with Crippen LogP contribution in [0.3, 0.4) is 0 Å². The Morgan fingerprint density at radius 1 is 1.02 bits per heavy atom. The van der Waals surface area contributed by atoms with Gasteiger partial charge in [0.15, 0.2) is 0 Å². The summed E-state index contributed by atoms with van der Waals surface area (Å²) in [6, 6.07) is 6.75. The number of carbonyl (C=O) groups is 2. The number of halogens is 6. The molecule has 0 spiro atoms. The van der Waals surface area contributed by atoms with Crippen LogP contribution in [0.1, 0.15) is 78.1 Å². The molecule has 2 aliphatic rings. The van der Waals surface area contributed by atoms with Gasteiger partial charge in [-0.3, -0.25) is 9.69 Å². The minimum Gasteiger partial charge on any atom is -0.481 e. The van der Waals surface area contributed by atoms with Gasteiger partial charge in [0.2, 0.25) is 0 Å². The van der Waals surface area contributed by atoms with Crippen LogP contribution in [0.5, 0.6) is 0 Å². The minimum absolute atomic E-state index is 0.0128. The van der Waals surface area contributed by atoms with E-state index in [9.17, 15) is 51.4 Å². The molecule has 16 heteroatoms. The molecule has 5 rings (SSSR count). The van der Waals surface area contributed by atoms with E-state index in [2.05, 4.69) is 9.97 Å². The Morgan fingerprint density at radius 2 is 1.65 bits per heavy atom. The van der Waals surface area contributed by atoms with Gasteiger partial charge < -0.3 is 20.8 Å². The number of nitriles is 1. The molecule has 1 aromatic heterocycles. The SMILES string of the molecule is CC[C@]1(N)C[C@@H](C(c2cc(C#N)cc(C(F)(F)F)c2)c2ncc(N3CCC(C(=O)O)CC3)cn2)c2cc(C(F)(F)F)ccc2N1C(=O)O. The number of carboxylic acids is 1. The van der Waals surface area contributed by atoms with E-state index in [0.29, 0.717) is 43.8 Å². The Kier molecular flexibility index (Phi) is 9.04. The average Bonchev–Trinajstić information content (AvgIpc) is 3.03. The van der Waals surface area contributed by atoms with E-state index >= 15 is 0 Å². The molecule has 10 nitrogen and oxygen atoms in total. The topological polar surface area (TPSA) is 157 Å². The number of benzene rings is 2. The summed E-state index contributed by atoms with van der Waals surface area (Å²) in [5.74, 6) is -4.03. The van der Waals surface area contributed by atoms with Gasteiger partial charge in [0.25, 0.3) is 0 Å². The number of aromatic nitrogens is 2. The van der Waals surface area contributed by atoms with Crippen molar-refractivity contribution < 1.29 is 46.1 Å². The number of rotatable bonds is 6. The first-order valence-electron chi connectivity index (χ1n) is 14.9. The highest BCUT2D eigenvalue weighted by molar-refractivity contribution is 5.90. The molecule has 4 N–H and O–H groups in total. The molecule has 3 aromatic rings. The molecular weight excluding hydrogens is 646 g/mol. The summed E-state index contributed by atoms with van der Waals surface area (Å²) in [4.78, 5) is 35.4. The number of nitrogens with two attached hydrogens (primary N) is 1. The van der Waals surface area contributed by atoms with Crippen molar-refractivity contribution in [3.8, 4) is 6.07 Å². The highest BCUT2D eigenvalue weighted by atomic mass is 19.4. The Bertz CT molecular complexity index is 1750. The molecule has 0 radical (unpaired) electrons. The lowest BCUT2D eigenvalue weighted by atomic mass is 9.71. The Morgan fingerprint density at radius 3 is 2.17 bits per heavy atom. The number of hydrogen-bond acceptors (Lipinski definition) is 7. The highest BCUT2D eigenvalue weighted by Crippen LogP contribution is 2.52. The summed E-state index contributed by atoms with van der Waals surface area (Å²) in [7, 11) is 0. The van der Waals surface area contributed by atoms with Gasteiger partial charge in [-0.1, -0.05) is 6.92 Å². The fourth-order valence-electron chi connectivity index (χ4n) is 6.61. The lowest BCUT2D eigenvalue weighted by Crippen LogP contribution is -2.61. The minimum atomic E-state index is -4.89. The summed E-state index contributed by atoms with van der Waals surface area (Å²) in [6.45, 7) is 2.32. The van der Waals surface area contributed by atoms with Crippen molar-refractivity contribution in [2.75, 3.05) is 22.9 Å². The molecule has 2 aromatic carbocycles. The van der Waals surface area contributed by atoms with Crippen LogP contribution in [-0.2, 0) is 17.1 Å². The van der Waals surface area contributed by atoms with Gasteiger partial charge in [0, 0.05) is 19.0 Å². The normalized spacial score (nSPS) is 20.9. The maximum atomic E-state index is 14.1. The first kappa shape index (κ1) is 34.4. The van der Waals surface area contributed by atoms with Crippen molar-refractivity contribution in [2.45, 2.75) is 62.5 Å². The average molecular weight is 677 g/mol. The van der Waals surface area contributed by atoms with Crippen molar-refractivity contribution in [1.29, 1.82) is 5.26 Å². The Labute approximate surface area is 270 Å². The fourth-order valence-corrected chi connectivity index (χ4v) is 6.61. The zero-order valence-corrected chi connectivity index (χ0v) is 25.4. The first-order valence-corrected chi connectivity index (χ1v) is 14.9. The van der Waals surface area contributed by atoms with Crippen molar-refractivity contribution in [3.05, 3.63) is 82.4 Å². The molecule has 48 heavy (non-hydrogen) atoms. The maximum Gasteiger partial charge on any atom is 0.416 e. The second-order valence-corrected chi connectivity index (χ2v) is 12.0. The number of amides is 1. The monoisotopic (exact) mass is 676 g/mol. The third-order valence-electron chi connectivity index (χ3n) is 9.14. The van der Waals surface area contributed by atoms with E-state index in [1.807, 2.05) is 4.90 Å². The molecule has 254 valence electrons. The predicted octanol–water partition coefficient (Wildman–Crippen LogP) is 6.56. The number of anilines is 2. The Hall–Kier alpha value is -4.91. The zero-order chi connectivity index (χ0) is 35.2. The smallest absolute Gasteiger partial charge is 0.416 e. The van der Waals surface area contributed by atoms with E-state index in [4.69, 9.17) is 5.73 Å². The molecule has 0 bridgehead atoms. The van der Waals surface area contributed by atoms with Crippen LogP contribution in [0.2, 0.25) is 0 Å². The second-order valence-electron chi connectivity index (χ2n) is 12.0. The number of fused-ring (bicyclic) bond motifs is 1. The third-order valence-corrected chi connectivity index (χ3v) is 9.14. The van der Waals surface area contributed by atoms with Crippen LogP contribution in [0.15, 0.2) is 48.8 Å². The predicted molar refractivity (Wildman–Crippen MR) is 159 cm³/mol. The number of hydrogen-bond donors (Lipinski definition) is 3. The number of aliphatic carboxylic acids is 1. The van der Waals surface area contributed by atoms with E-state index < -0.39 is 59.0 Å². The van der Waals surface area contributed by atoms with E-state index in [-0.39, 0.29) is 41.0 Å². The number of carboxylic acid groups (broad SMARTS) is 2. The van der Waals surface area contributed by atoms with E-state index in [1.165, 1.54) is 18.5 Å². The van der Waals surface area contributed by atoms with Gasteiger partial charge in [-0.25, -0.2) is 14.8 Å². The summed E-state index contributed by atoms with van der Waals surface area (Å²) in [6.07, 6.45) is -8.12. The Balaban J connectivity index is 1.72. The van der Waals surface area contributed by atoms with Crippen LogP contribution in [0, 0.1) is 17.2 Å². The molecule has 1 unspecified atom stereocenters. The van der Waals surface area contributed by atoms with Gasteiger partial charge in [-0.15, -0.1) is 0 Å². The van der Waals surface area contributed by atoms with Gasteiger partial charge >= 0.3 is 24.4 Å². The molecule has 1 saturated heterocycles. The van der Waals surface area contributed by atoms with Crippen molar-refractivity contribution >= 4 is 23.4 Å². The van der Waals surface area contributed by atoms with Crippen molar-refractivity contribution in [3.63, 3.8) is 0 Å². The van der Waals surface area contributed by atoms with Crippen LogP contribution in [0.4, 0.5) is 42.5 Å². The van der Waals surface area contributed by atoms with E-state index in [0.717, 1.165) is 23.1 Å². The number of piperidine rings is 1. The summed E-state index contributed by atoms with van der Waals surface area (Å²) in [5, 5.41) is 29.1. The van der Waals surface area contributed by atoms with Crippen molar-refractivity contribution in [2.24, 2.45) is 11.7 Å². The van der Waals surface area contributed by atoms with E-state index in [1.54, 1.807) is 13.0 Å². The third kappa shape index (κ3) is 6.59. The lowest BCUT2D eigenvalue weighted by molar-refractivity contribution is -0.142. The standard InChI is InChI=1S/C32H30F6N6O4/c1-2-30(40)13-24(23-12-20(31(33,34)35)3-4-25(23)44(30)29(47)48)26(19-9-17(14-39)10-21(11-19)32(36,37)38)27-41-15-22(16-42-27)43-7-5-18(6-8-43)28(45)46/h3-4,9-12,15-16,18,24,26H,2,5-8,13,40H2,1H3,(H,45,46)(H,47,48)/t24-,26?,30-/m1/s1. The molecular formula is C32H30F6N6O4. The van der Waals surface area contributed by atoms with Crippen LogP contribution in [0.25, 0.3) is 0 Å². The molecule has 1 fully saturated rings. The molecule has 0 aliphatic carbocycles. The van der Waals surface area contributed by atoms with Crippen LogP contribution in [-0.4, -0.2) is 51.0 Å². The largest absolute Gasteiger partial charge is 0.481 e. The molecule has 3 atom stereocenters. The quantitative estimate of drug-likeness (QED) is 0.246. The number of alkyl halides is 6. The fraction of sp³-hybridized carbons (Fsp3) is 0.406. The first-order chi connectivity index (χ1) is 22.5. The zero-order valence-electron chi connectivity index (χ0n) is 25.4. The van der Waals surface area contributed by atoms with Gasteiger partial charge in [-0.05, 0) is 73.2 Å². The summed E-state index contributed by atoms with van der Waals surface area (Å²) >= 11 is 0. The molecule has 3 heterocycles. The molecule has 2 aliphatic heterocycles.